The highest BCUT2D eigenvalue weighted by atomic mass is 31.2. The van der Waals surface area contributed by atoms with E-state index in [1.807, 2.05) is 21.1 Å². The van der Waals surface area contributed by atoms with E-state index in [0.717, 1.165) is 12.8 Å². The number of hydrogen-bond acceptors (Lipinski definition) is 7. The fraction of sp³-hybridized carbons (Fsp3) is 0.969. The summed E-state index contributed by atoms with van der Waals surface area (Å²) < 4.78 is 39.6. The quantitative estimate of drug-likeness (QED) is 0.0350. The Bertz CT molecular complexity index is 659. The van der Waals surface area contributed by atoms with Crippen molar-refractivity contribution in [2.24, 2.45) is 0 Å². The molecule has 42 heavy (non-hydrogen) atoms. The van der Waals surface area contributed by atoms with Crippen molar-refractivity contribution in [2.45, 2.75) is 135 Å². The summed E-state index contributed by atoms with van der Waals surface area (Å²) in [4.78, 5) is 21.3. The van der Waals surface area contributed by atoms with E-state index in [-0.39, 0.29) is 25.8 Å². The highest BCUT2D eigenvalue weighted by Gasteiger charge is 2.25. The van der Waals surface area contributed by atoms with Crippen LogP contribution in [0.25, 0.3) is 0 Å². The Morgan fingerprint density at radius 2 is 1.19 bits per heavy atom. The van der Waals surface area contributed by atoms with Crippen LogP contribution in [0.4, 0.5) is 0 Å². The van der Waals surface area contributed by atoms with E-state index >= 15 is 0 Å². The second-order valence-electron chi connectivity index (χ2n) is 12.5. The molecule has 0 aliphatic carbocycles. The first-order valence-electron chi connectivity index (χ1n) is 16.8. The third kappa shape index (κ3) is 30.9. The molecule has 1 unspecified atom stereocenters. The van der Waals surface area contributed by atoms with Gasteiger partial charge in [-0.3, -0.25) is 13.8 Å². The zero-order valence-electron chi connectivity index (χ0n) is 28.0. The lowest BCUT2D eigenvalue weighted by molar-refractivity contribution is -0.870. The predicted molar refractivity (Wildman–Crippen MR) is 171 cm³/mol. The Morgan fingerprint density at radius 1 is 0.690 bits per heavy atom. The number of phosphoric ester groups is 1. The maximum absolute atomic E-state index is 12.3. The lowest BCUT2D eigenvalue weighted by Gasteiger charge is -2.24. The number of carbonyl (C=O) groups is 1. The SMILES string of the molecule is CCCCCCCCCCCCCCCCCCOC[C@H](COP(=O)(O)OCC[N+](C)(C)C)OCCCCC(=O)OC. The molecule has 1 N–H and O–H groups in total. The van der Waals surface area contributed by atoms with Crippen LogP contribution in [-0.4, -0.2) is 89.3 Å². The summed E-state index contributed by atoms with van der Waals surface area (Å²) >= 11 is 0. The minimum Gasteiger partial charge on any atom is -0.469 e. The zero-order valence-corrected chi connectivity index (χ0v) is 28.8. The molecule has 0 rings (SSSR count). The number of rotatable bonds is 32. The topological polar surface area (TPSA) is 101 Å². The van der Waals surface area contributed by atoms with E-state index < -0.39 is 13.9 Å². The molecule has 2 atom stereocenters. The first-order chi connectivity index (χ1) is 20.1. The van der Waals surface area contributed by atoms with Gasteiger partial charge in [0.15, 0.2) is 0 Å². The van der Waals surface area contributed by atoms with Crippen LogP contribution in [0.3, 0.4) is 0 Å². The summed E-state index contributed by atoms with van der Waals surface area (Å²) in [5.74, 6) is -0.246. The number of carbonyl (C=O) groups excluding carboxylic acids is 1. The van der Waals surface area contributed by atoms with Gasteiger partial charge in [-0.25, -0.2) is 4.57 Å². The number of hydrogen-bond donors (Lipinski definition) is 1. The lowest BCUT2D eigenvalue weighted by atomic mass is 10.0. The lowest BCUT2D eigenvalue weighted by Crippen LogP contribution is -2.37. The minimum atomic E-state index is -4.18. The van der Waals surface area contributed by atoms with Crippen LogP contribution < -0.4 is 0 Å². The van der Waals surface area contributed by atoms with E-state index in [4.69, 9.17) is 18.5 Å². The van der Waals surface area contributed by atoms with Gasteiger partial charge in [-0.05, 0) is 19.3 Å². The Balaban J connectivity index is 4.00. The van der Waals surface area contributed by atoms with Gasteiger partial charge in [0.1, 0.15) is 19.3 Å². The van der Waals surface area contributed by atoms with Gasteiger partial charge in [-0.1, -0.05) is 103 Å². The van der Waals surface area contributed by atoms with Crippen molar-refractivity contribution in [2.75, 3.05) is 67.8 Å². The van der Waals surface area contributed by atoms with Gasteiger partial charge < -0.3 is 23.6 Å². The van der Waals surface area contributed by atoms with E-state index in [2.05, 4.69) is 11.7 Å². The van der Waals surface area contributed by atoms with Gasteiger partial charge in [-0.2, -0.15) is 0 Å². The smallest absolute Gasteiger partial charge is 0.469 e. The highest BCUT2D eigenvalue weighted by molar-refractivity contribution is 7.47. The average Bonchev–Trinajstić information content (AvgIpc) is 2.93. The molecule has 0 bridgehead atoms. The zero-order chi connectivity index (χ0) is 31.4. The number of esters is 1. The first-order valence-corrected chi connectivity index (χ1v) is 18.3. The van der Waals surface area contributed by atoms with Crippen LogP contribution in [0.1, 0.15) is 129 Å². The number of methoxy groups -OCH3 is 1. The first kappa shape index (κ1) is 41.5. The third-order valence-electron chi connectivity index (χ3n) is 7.24. The fourth-order valence-electron chi connectivity index (χ4n) is 4.48. The van der Waals surface area contributed by atoms with Crippen molar-refractivity contribution in [1.82, 2.24) is 0 Å². The van der Waals surface area contributed by atoms with E-state index in [1.165, 1.54) is 97.0 Å². The molecule has 10 heteroatoms. The molecule has 0 aromatic rings. The fourth-order valence-corrected chi connectivity index (χ4v) is 5.22. The molecule has 9 nitrogen and oxygen atoms in total. The van der Waals surface area contributed by atoms with E-state index in [0.29, 0.717) is 43.5 Å². The second-order valence-corrected chi connectivity index (χ2v) is 14.0. The minimum absolute atomic E-state index is 0.103. The van der Waals surface area contributed by atoms with Crippen LogP contribution in [0.15, 0.2) is 0 Å². The van der Waals surface area contributed by atoms with Gasteiger partial charge in [0.05, 0.1) is 41.5 Å². The largest absolute Gasteiger partial charge is 0.472 e. The maximum Gasteiger partial charge on any atom is 0.472 e. The molecule has 0 spiro atoms. The Kier molecular flexibility index (Phi) is 27.6. The van der Waals surface area contributed by atoms with Crippen molar-refractivity contribution in [3.05, 3.63) is 0 Å². The third-order valence-corrected chi connectivity index (χ3v) is 8.23. The van der Waals surface area contributed by atoms with Crippen LogP contribution in [0.2, 0.25) is 0 Å². The molecule has 0 saturated carbocycles. The number of nitrogens with zero attached hydrogens (tertiary/aromatic N) is 1. The standard InChI is InChI=1S/C32H66NO8P/c1-6-7-8-9-10-11-12-13-14-15-16-17-18-19-20-22-26-38-29-31(39-27-23-21-24-32(34)37-5)30-41-42(35,36)40-28-25-33(2,3)4/h31H,6-30H2,1-5H3/p+1/t31-/m1/s1. The van der Waals surface area contributed by atoms with Crippen molar-refractivity contribution in [3.63, 3.8) is 0 Å². The molecule has 0 heterocycles. The Morgan fingerprint density at radius 3 is 1.69 bits per heavy atom. The van der Waals surface area contributed by atoms with Crippen molar-refractivity contribution in [1.29, 1.82) is 0 Å². The average molecular weight is 625 g/mol. The molecular weight excluding hydrogens is 557 g/mol. The summed E-state index contributed by atoms with van der Waals surface area (Å²) in [5, 5.41) is 0. The van der Waals surface area contributed by atoms with Crippen molar-refractivity contribution < 1.29 is 42.0 Å². The summed E-state index contributed by atoms with van der Waals surface area (Å²) in [6.45, 7) is 4.16. The molecule has 0 aliphatic rings. The normalized spacial score (nSPS) is 14.1. The van der Waals surface area contributed by atoms with E-state index in [1.54, 1.807) is 0 Å². The molecule has 0 aliphatic heterocycles. The number of unbranched alkanes of at least 4 members (excludes halogenated alkanes) is 16. The molecular formula is C32H67NO8P+. The van der Waals surface area contributed by atoms with Gasteiger partial charge in [-0.15, -0.1) is 0 Å². The van der Waals surface area contributed by atoms with Crippen molar-refractivity contribution >= 4 is 13.8 Å². The maximum atomic E-state index is 12.3. The monoisotopic (exact) mass is 624 g/mol. The number of phosphoric acid groups is 1. The predicted octanol–water partition coefficient (Wildman–Crippen LogP) is 7.83. The molecule has 0 amide bonds. The molecule has 252 valence electrons. The van der Waals surface area contributed by atoms with Crippen molar-refractivity contribution in [3.8, 4) is 0 Å². The molecule has 0 radical (unpaired) electrons. The Hall–Kier alpha value is -0.540. The van der Waals surface area contributed by atoms with Crippen LogP contribution in [-0.2, 0) is 32.6 Å². The number of quaternary nitrogens is 1. The summed E-state index contributed by atoms with van der Waals surface area (Å²) in [7, 11) is 3.13. The van der Waals surface area contributed by atoms with Gasteiger partial charge in [0.2, 0.25) is 0 Å². The van der Waals surface area contributed by atoms with Crippen LogP contribution >= 0.6 is 7.82 Å². The molecule has 0 aromatic carbocycles. The van der Waals surface area contributed by atoms with E-state index in [9.17, 15) is 14.3 Å². The van der Waals surface area contributed by atoms with Crippen LogP contribution in [0.5, 0.6) is 0 Å². The number of ether oxygens (including phenoxy) is 3. The van der Waals surface area contributed by atoms with Gasteiger partial charge in [0.25, 0.3) is 0 Å². The number of likely N-dealkylation sites (N-methyl/N-ethyl adjacent to an activating group) is 1. The highest BCUT2D eigenvalue weighted by Crippen LogP contribution is 2.43. The van der Waals surface area contributed by atoms with Gasteiger partial charge >= 0.3 is 13.8 Å². The Labute approximate surface area is 258 Å². The second kappa shape index (κ2) is 28.0. The molecule has 0 aromatic heterocycles. The summed E-state index contributed by atoms with van der Waals surface area (Å²) in [5.41, 5.74) is 0. The van der Waals surface area contributed by atoms with Crippen LogP contribution in [0, 0.1) is 0 Å². The molecule has 0 saturated heterocycles. The summed E-state index contributed by atoms with van der Waals surface area (Å²) in [6, 6.07) is 0. The van der Waals surface area contributed by atoms with Gasteiger partial charge in [0, 0.05) is 19.6 Å². The summed E-state index contributed by atoms with van der Waals surface area (Å²) in [6.07, 6.45) is 22.4. The molecule has 0 fully saturated rings.